The van der Waals surface area contributed by atoms with Crippen molar-refractivity contribution in [1.82, 2.24) is 0 Å². The molecule has 0 aromatic carbocycles. The highest BCUT2D eigenvalue weighted by atomic mass is 16.4. The van der Waals surface area contributed by atoms with E-state index in [0.29, 0.717) is 12.8 Å². The summed E-state index contributed by atoms with van der Waals surface area (Å²) in [4.78, 5) is 30.1. The van der Waals surface area contributed by atoms with Crippen molar-refractivity contribution in [2.45, 2.75) is 38.5 Å². The molecule has 74 valence electrons. The molecule has 0 radical (unpaired) electrons. The number of hydrogen-bond donors (Lipinski definition) is 1. The second-order valence-corrected chi connectivity index (χ2v) is 2.79. The number of carbonyl (C=O) groups is 2. The van der Waals surface area contributed by atoms with Gasteiger partial charge < -0.3 is 5.11 Å². The highest BCUT2D eigenvalue weighted by Crippen LogP contribution is 2.05. The summed E-state index contributed by atoms with van der Waals surface area (Å²) >= 11 is 0. The van der Waals surface area contributed by atoms with E-state index in [1.54, 1.807) is 0 Å². The number of carboxylic acid groups (broad SMARTS) is 1. The van der Waals surface area contributed by atoms with Crippen molar-refractivity contribution in [2.75, 3.05) is 0 Å². The fraction of sp³-hybridized carbons (Fsp3) is 0.750. The lowest BCUT2D eigenvalue weighted by molar-refractivity contribution is -0.137. The zero-order chi connectivity index (χ0) is 10.1. The molecule has 1 N–H and O–H groups in total. The summed E-state index contributed by atoms with van der Waals surface area (Å²) < 4.78 is 0. The van der Waals surface area contributed by atoms with E-state index in [1.165, 1.54) is 0 Å². The van der Waals surface area contributed by atoms with Crippen molar-refractivity contribution < 1.29 is 14.7 Å². The Morgan fingerprint density at radius 3 is 2.00 bits per heavy atom. The Morgan fingerprint density at radius 1 is 1.00 bits per heavy atom. The highest BCUT2D eigenvalue weighted by molar-refractivity contribution is 5.76. The number of nitrogens with zero attached hydrogens (tertiary/aromatic N) is 1. The molecule has 0 aromatic rings. The predicted molar refractivity (Wildman–Crippen MR) is 46.1 cm³/mol. The zero-order valence-corrected chi connectivity index (χ0v) is 7.36. The van der Waals surface area contributed by atoms with Gasteiger partial charge in [0.2, 0.25) is 0 Å². The molecule has 0 fully saturated rings. The maximum absolute atomic E-state index is 10.4. The summed E-state index contributed by atoms with van der Waals surface area (Å²) in [5.41, 5.74) is 0. The van der Waals surface area contributed by atoms with Crippen molar-refractivity contribution in [2.24, 2.45) is 5.18 Å². The molecule has 5 nitrogen and oxygen atoms in total. The fourth-order valence-electron chi connectivity index (χ4n) is 0.952. The van der Waals surface area contributed by atoms with E-state index >= 15 is 0 Å². The van der Waals surface area contributed by atoms with Crippen LogP contribution in [0.3, 0.4) is 0 Å². The standard InChI is InChI=1S/C8H13NO4/c10-7(9-13)5-3-1-2-4-6-8(11)12/h1-6H2,(H,11,12). The van der Waals surface area contributed by atoms with Gasteiger partial charge in [0.15, 0.2) is 0 Å². The number of unbranched alkanes of at least 4 members (excludes halogenated alkanes) is 3. The first-order valence-electron chi connectivity index (χ1n) is 4.25. The summed E-state index contributed by atoms with van der Waals surface area (Å²) in [6, 6.07) is 0. The van der Waals surface area contributed by atoms with Gasteiger partial charge in [-0.2, -0.15) is 0 Å². The van der Waals surface area contributed by atoms with Gasteiger partial charge in [-0.3, -0.25) is 9.59 Å². The molecule has 0 aliphatic heterocycles. The van der Waals surface area contributed by atoms with E-state index < -0.39 is 11.9 Å². The lowest BCUT2D eigenvalue weighted by atomic mass is 10.1. The number of nitroso groups, excluding NO2 is 1. The van der Waals surface area contributed by atoms with E-state index in [0.717, 1.165) is 12.8 Å². The van der Waals surface area contributed by atoms with Gasteiger partial charge in [0.25, 0.3) is 5.91 Å². The van der Waals surface area contributed by atoms with Crippen molar-refractivity contribution in [3.05, 3.63) is 4.91 Å². The smallest absolute Gasteiger partial charge is 0.303 e. The van der Waals surface area contributed by atoms with Crippen molar-refractivity contribution in [3.8, 4) is 0 Å². The molecule has 0 heterocycles. The van der Waals surface area contributed by atoms with E-state index in [9.17, 15) is 14.5 Å². The highest BCUT2D eigenvalue weighted by Gasteiger charge is 2.00. The van der Waals surface area contributed by atoms with Crippen LogP contribution in [0.2, 0.25) is 0 Å². The van der Waals surface area contributed by atoms with Crippen LogP contribution in [-0.4, -0.2) is 17.0 Å². The van der Waals surface area contributed by atoms with Crippen LogP contribution in [0.5, 0.6) is 0 Å². The maximum atomic E-state index is 10.4. The van der Waals surface area contributed by atoms with Crippen LogP contribution in [0.1, 0.15) is 38.5 Å². The second-order valence-electron chi connectivity index (χ2n) is 2.79. The Kier molecular flexibility index (Phi) is 6.68. The molecule has 1 amide bonds. The summed E-state index contributed by atoms with van der Waals surface area (Å²) in [6.45, 7) is 0. The predicted octanol–water partition coefficient (Wildman–Crippen LogP) is 1.70. The molecule has 0 unspecified atom stereocenters. The Morgan fingerprint density at radius 2 is 1.54 bits per heavy atom. The van der Waals surface area contributed by atoms with Crippen LogP contribution in [0, 0.1) is 4.91 Å². The summed E-state index contributed by atoms with van der Waals surface area (Å²) in [5.74, 6) is -1.43. The number of carbonyl (C=O) groups excluding carboxylic acids is 1. The van der Waals surface area contributed by atoms with Crippen LogP contribution in [0.25, 0.3) is 0 Å². The van der Waals surface area contributed by atoms with Crippen molar-refractivity contribution >= 4 is 11.9 Å². The molecule has 0 aliphatic carbocycles. The van der Waals surface area contributed by atoms with Gasteiger partial charge in [0, 0.05) is 18.0 Å². The molecule has 0 aromatic heterocycles. The van der Waals surface area contributed by atoms with Gasteiger partial charge in [-0.15, -0.1) is 4.91 Å². The minimum absolute atomic E-state index is 0.167. The lowest BCUT2D eigenvalue weighted by Gasteiger charge is -1.96. The molecule has 0 spiro atoms. The average Bonchev–Trinajstić information content (AvgIpc) is 2.10. The van der Waals surface area contributed by atoms with Gasteiger partial charge in [-0.25, -0.2) is 0 Å². The van der Waals surface area contributed by atoms with Crippen LogP contribution in [0.4, 0.5) is 0 Å². The number of rotatable bonds is 7. The first kappa shape index (κ1) is 11.7. The zero-order valence-electron chi connectivity index (χ0n) is 7.36. The molecule has 0 saturated carbocycles. The monoisotopic (exact) mass is 187 g/mol. The number of hydrogen-bond acceptors (Lipinski definition) is 3. The Balaban J connectivity index is 3.12. The molecule has 0 aliphatic rings. The molecular weight excluding hydrogens is 174 g/mol. The minimum atomic E-state index is -0.800. The van der Waals surface area contributed by atoms with Gasteiger partial charge in [0.1, 0.15) is 0 Å². The Hall–Kier alpha value is -1.26. The van der Waals surface area contributed by atoms with Gasteiger partial charge >= 0.3 is 5.97 Å². The first-order valence-corrected chi connectivity index (χ1v) is 4.25. The topological polar surface area (TPSA) is 83.8 Å². The third-order valence-electron chi connectivity index (χ3n) is 1.63. The molecule has 0 bridgehead atoms. The third kappa shape index (κ3) is 8.65. The molecule has 0 saturated heterocycles. The Bertz CT molecular complexity index is 191. The first-order chi connectivity index (χ1) is 6.16. The van der Waals surface area contributed by atoms with Crippen LogP contribution in [-0.2, 0) is 9.59 Å². The summed E-state index contributed by atoms with van der Waals surface area (Å²) in [7, 11) is 0. The van der Waals surface area contributed by atoms with Crippen molar-refractivity contribution in [1.29, 1.82) is 0 Å². The summed E-state index contributed by atoms with van der Waals surface area (Å²) in [5, 5.41) is 10.5. The normalized spacial score (nSPS) is 9.54. The van der Waals surface area contributed by atoms with Crippen LogP contribution < -0.4 is 0 Å². The lowest BCUT2D eigenvalue weighted by Crippen LogP contribution is -1.94. The number of carboxylic acids is 1. The molecular formula is C8H13NO4. The second kappa shape index (κ2) is 7.39. The summed E-state index contributed by atoms with van der Waals surface area (Å²) in [6.07, 6.45) is 3.13. The molecule has 13 heavy (non-hydrogen) atoms. The quantitative estimate of drug-likeness (QED) is 0.485. The molecule has 5 heteroatoms. The van der Waals surface area contributed by atoms with Gasteiger partial charge in [-0.1, -0.05) is 12.8 Å². The largest absolute Gasteiger partial charge is 0.481 e. The molecule has 0 atom stereocenters. The Labute approximate surface area is 76.1 Å². The van der Waals surface area contributed by atoms with E-state index in [1.807, 2.05) is 0 Å². The molecule has 0 rings (SSSR count). The van der Waals surface area contributed by atoms with Gasteiger partial charge in [0.05, 0.1) is 0 Å². The fourth-order valence-corrected chi connectivity index (χ4v) is 0.952. The number of aliphatic carboxylic acids is 1. The maximum Gasteiger partial charge on any atom is 0.303 e. The van der Waals surface area contributed by atoms with E-state index in [4.69, 9.17) is 5.11 Å². The average molecular weight is 187 g/mol. The minimum Gasteiger partial charge on any atom is -0.481 e. The van der Waals surface area contributed by atoms with E-state index in [2.05, 4.69) is 5.18 Å². The van der Waals surface area contributed by atoms with Gasteiger partial charge in [-0.05, 0) is 12.8 Å². The van der Waals surface area contributed by atoms with E-state index in [-0.39, 0.29) is 12.8 Å². The third-order valence-corrected chi connectivity index (χ3v) is 1.63. The van der Waals surface area contributed by atoms with Crippen LogP contribution >= 0.6 is 0 Å². The SMILES string of the molecule is O=NC(=O)CCCCCCC(=O)O. The van der Waals surface area contributed by atoms with Crippen LogP contribution in [0.15, 0.2) is 5.18 Å². The van der Waals surface area contributed by atoms with Crippen molar-refractivity contribution in [3.63, 3.8) is 0 Å². The number of amides is 1.